The highest BCUT2D eigenvalue weighted by atomic mass is 16.5. The van der Waals surface area contributed by atoms with E-state index in [-0.39, 0.29) is 5.75 Å². The molecule has 3 heteroatoms. The molecule has 0 saturated carbocycles. The van der Waals surface area contributed by atoms with Gasteiger partial charge in [0.25, 0.3) is 0 Å². The van der Waals surface area contributed by atoms with Crippen molar-refractivity contribution >= 4 is 5.97 Å². The summed E-state index contributed by atoms with van der Waals surface area (Å²) in [5.74, 6) is 0.583. The number of carbonyl (C=O) groups is 1. The van der Waals surface area contributed by atoms with Gasteiger partial charge in [0.05, 0.1) is 5.56 Å². The topological polar surface area (TPSA) is 46.5 Å². The van der Waals surface area contributed by atoms with Gasteiger partial charge in [-0.1, -0.05) is 26.0 Å². The molecule has 3 nitrogen and oxygen atoms in total. The van der Waals surface area contributed by atoms with Gasteiger partial charge in [-0.2, -0.15) is 0 Å². The monoisotopic (exact) mass is 256 g/mol. The third kappa shape index (κ3) is 3.35. The highest BCUT2D eigenvalue weighted by molar-refractivity contribution is 5.91. The molecule has 0 unspecified atom stereocenters. The smallest absolute Gasteiger partial charge is 0.343 e. The quantitative estimate of drug-likeness (QED) is 0.672. The fourth-order valence-electron chi connectivity index (χ4n) is 1.68. The molecule has 0 bridgehead atoms. The molecule has 0 atom stereocenters. The highest BCUT2D eigenvalue weighted by Gasteiger charge is 2.09. The van der Waals surface area contributed by atoms with Gasteiger partial charge in [0.1, 0.15) is 11.5 Å². The Bertz CT molecular complexity index is 554. The van der Waals surface area contributed by atoms with Gasteiger partial charge >= 0.3 is 5.97 Å². The summed E-state index contributed by atoms with van der Waals surface area (Å²) < 4.78 is 5.21. The van der Waals surface area contributed by atoms with Crippen LogP contribution in [0.4, 0.5) is 0 Å². The Morgan fingerprint density at radius 3 is 2.11 bits per heavy atom. The van der Waals surface area contributed by atoms with Crippen LogP contribution < -0.4 is 4.74 Å². The normalized spacial score (nSPS) is 10.5. The number of phenols is 1. The molecule has 0 heterocycles. The molecule has 0 aliphatic carbocycles. The summed E-state index contributed by atoms with van der Waals surface area (Å²) in [6.45, 7) is 4.20. The number of esters is 1. The van der Waals surface area contributed by atoms with E-state index in [4.69, 9.17) is 9.84 Å². The maximum absolute atomic E-state index is 11.9. The predicted octanol–water partition coefficient (Wildman–Crippen LogP) is 3.73. The Balaban J connectivity index is 2.09. The van der Waals surface area contributed by atoms with Gasteiger partial charge in [0.15, 0.2) is 0 Å². The molecule has 0 saturated heterocycles. The Morgan fingerprint density at radius 2 is 1.58 bits per heavy atom. The van der Waals surface area contributed by atoms with Crippen LogP contribution in [-0.2, 0) is 0 Å². The third-order valence-electron chi connectivity index (χ3n) is 2.86. The van der Waals surface area contributed by atoms with Crippen molar-refractivity contribution in [1.82, 2.24) is 0 Å². The molecule has 2 aromatic rings. The molecular formula is C16H16O3. The van der Waals surface area contributed by atoms with Gasteiger partial charge in [0, 0.05) is 0 Å². The summed E-state index contributed by atoms with van der Waals surface area (Å²) in [5.41, 5.74) is 1.69. The number of hydrogen-bond acceptors (Lipinski definition) is 3. The van der Waals surface area contributed by atoms with Crippen molar-refractivity contribution < 1.29 is 14.6 Å². The molecular weight excluding hydrogens is 240 g/mol. The lowest BCUT2D eigenvalue weighted by Crippen LogP contribution is -2.08. The zero-order chi connectivity index (χ0) is 13.8. The van der Waals surface area contributed by atoms with Crippen molar-refractivity contribution in [1.29, 1.82) is 0 Å². The van der Waals surface area contributed by atoms with Crippen molar-refractivity contribution in [2.24, 2.45) is 0 Å². The minimum absolute atomic E-state index is 0.140. The molecule has 0 aliphatic heterocycles. The van der Waals surface area contributed by atoms with Gasteiger partial charge in [-0.3, -0.25) is 0 Å². The highest BCUT2D eigenvalue weighted by Crippen LogP contribution is 2.19. The summed E-state index contributed by atoms with van der Waals surface area (Å²) in [4.78, 5) is 11.9. The molecule has 98 valence electrons. The number of benzene rings is 2. The zero-order valence-corrected chi connectivity index (χ0v) is 11.0. The second kappa shape index (κ2) is 5.57. The Labute approximate surface area is 112 Å². The van der Waals surface area contributed by atoms with Crippen molar-refractivity contribution in [3.63, 3.8) is 0 Å². The van der Waals surface area contributed by atoms with E-state index in [0.717, 1.165) is 0 Å². The second-order valence-electron chi connectivity index (χ2n) is 4.66. The standard InChI is InChI=1S/C16H16O3/c1-11(2)12-3-5-13(6-4-12)16(18)19-15-9-7-14(17)8-10-15/h3-11,17H,1-2H3. The second-order valence-corrected chi connectivity index (χ2v) is 4.66. The number of aromatic hydroxyl groups is 1. The third-order valence-corrected chi connectivity index (χ3v) is 2.86. The van der Waals surface area contributed by atoms with Gasteiger partial charge in [-0.15, -0.1) is 0 Å². The average molecular weight is 256 g/mol. The van der Waals surface area contributed by atoms with Gasteiger partial charge < -0.3 is 9.84 Å². The lowest BCUT2D eigenvalue weighted by atomic mass is 10.0. The van der Waals surface area contributed by atoms with E-state index in [9.17, 15) is 4.79 Å². The number of carbonyl (C=O) groups excluding carboxylic acids is 1. The fourth-order valence-corrected chi connectivity index (χ4v) is 1.68. The van der Waals surface area contributed by atoms with E-state index in [0.29, 0.717) is 17.2 Å². The Morgan fingerprint density at radius 1 is 1.00 bits per heavy atom. The van der Waals surface area contributed by atoms with E-state index in [2.05, 4.69) is 13.8 Å². The largest absolute Gasteiger partial charge is 0.508 e. The Hall–Kier alpha value is -2.29. The van der Waals surface area contributed by atoms with Crippen LogP contribution in [-0.4, -0.2) is 11.1 Å². The van der Waals surface area contributed by atoms with Crippen LogP contribution in [0.15, 0.2) is 48.5 Å². The minimum Gasteiger partial charge on any atom is -0.508 e. The molecule has 2 rings (SSSR count). The van der Waals surface area contributed by atoms with Gasteiger partial charge in [-0.25, -0.2) is 4.79 Å². The van der Waals surface area contributed by atoms with Crippen molar-refractivity contribution in [3.05, 3.63) is 59.7 Å². The summed E-state index contributed by atoms with van der Waals surface area (Å²) in [6, 6.07) is 13.4. The van der Waals surface area contributed by atoms with Crippen LogP contribution in [0, 0.1) is 0 Å². The molecule has 0 spiro atoms. The van der Waals surface area contributed by atoms with E-state index in [1.807, 2.05) is 12.1 Å². The van der Waals surface area contributed by atoms with Crippen molar-refractivity contribution in [2.75, 3.05) is 0 Å². The molecule has 19 heavy (non-hydrogen) atoms. The molecule has 2 aromatic carbocycles. The number of ether oxygens (including phenoxy) is 1. The van der Waals surface area contributed by atoms with Crippen LogP contribution >= 0.6 is 0 Å². The molecule has 0 aromatic heterocycles. The SMILES string of the molecule is CC(C)c1ccc(C(=O)Oc2ccc(O)cc2)cc1. The summed E-state index contributed by atoms with van der Waals surface area (Å²) in [7, 11) is 0. The van der Waals surface area contributed by atoms with Crippen LogP contribution in [0.25, 0.3) is 0 Å². The molecule has 0 radical (unpaired) electrons. The zero-order valence-electron chi connectivity index (χ0n) is 11.0. The number of hydrogen-bond donors (Lipinski definition) is 1. The molecule has 0 amide bonds. The average Bonchev–Trinajstić information content (AvgIpc) is 2.41. The number of phenolic OH excluding ortho intramolecular Hbond substituents is 1. The lowest BCUT2D eigenvalue weighted by Gasteiger charge is -2.07. The summed E-state index contributed by atoms with van der Waals surface area (Å²) in [5, 5.41) is 9.15. The van der Waals surface area contributed by atoms with Crippen LogP contribution in [0.5, 0.6) is 11.5 Å². The maximum atomic E-state index is 11.9. The van der Waals surface area contributed by atoms with Gasteiger partial charge in [-0.05, 0) is 47.9 Å². The fraction of sp³-hybridized carbons (Fsp3) is 0.188. The molecule has 1 N–H and O–H groups in total. The first-order valence-electron chi connectivity index (χ1n) is 6.17. The first kappa shape index (κ1) is 13.1. The van der Waals surface area contributed by atoms with Crippen molar-refractivity contribution in [2.45, 2.75) is 19.8 Å². The first-order chi connectivity index (χ1) is 9.06. The van der Waals surface area contributed by atoms with Crippen LogP contribution in [0.3, 0.4) is 0 Å². The van der Waals surface area contributed by atoms with E-state index in [1.165, 1.54) is 17.7 Å². The van der Waals surface area contributed by atoms with E-state index < -0.39 is 5.97 Å². The number of rotatable bonds is 3. The summed E-state index contributed by atoms with van der Waals surface area (Å²) in [6.07, 6.45) is 0. The Kier molecular flexibility index (Phi) is 3.85. The van der Waals surface area contributed by atoms with E-state index in [1.54, 1.807) is 24.3 Å². The predicted molar refractivity (Wildman–Crippen MR) is 73.6 cm³/mol. The van der Waals surface area contributed by atoms with Crippen LogP contribution in [0.2, 0.25) is 0 Å². The minimum atomic E-state index is -0.402. The first-order valence-corrected chi connectivity index (χ1v) is 6.17. The van der Waals surface area contributed by atoms with Gasteiger partial charge in [0.2, 0.25) is 0 Å². The van der Waals surface area contributed by atoms with E-state index >= 15 is 0 Å². The lowest BCUT2D eigenvalue weighted by molar-refractivity contribution is 0.0734. The maximum Gasteiger partial charge on any atom is 0.343 e. The molecule has 0 aliphatic rings. The van der Waals surface area contributed by atoms with Crippen molar-refractivity contribution in [3.8, 4) is 11.5 Å². The molecule has 0 fully saturated rings. The van der Waals surface area contributed by atoms with Crippen LogP contribution in [0.1, 0.15) is 35.7 Å². The summed E-state index contributed by atoms with van der Waals surface area (Å²) >= 11 is 0.